The first kappa shape index (κ1) is 12.1. The van der Waals surface area contributed by atoms with Crippen LogP contribution in [-0.2, 0) is 6.54 Å². The molecule has 1 fully saturated rings. The Hall–Kier alpha value is -1.39. The molecule has 0 saturated carbocycles. The summed E-state index contributed by atoms with van der Waals surface area (Å²) >= 11 is 0. The number of carbonyl (C=O) groups is 1. The van der Waals surface area contributed by atoms with E-state index >= 15 is 0 Å². The van der Waals surface area contributed by atoms with Gasteiger partial charge in [-0.3, -0.25) is 9.69 Å². The lowest BCUT2D eigenvalue weighted by atomic mass is 10.1. The normalized spacial score (nSPS) is 25.1. The molecule has 2 atom stereocenters. The molecule has 1 aliphatic rings. The lowest BCUT2D eigenvalue weighted by Gasteiger charge is -2.16. The average molecular weight is 233 g/mol. The Morgan fingerprint density at radius 3 is 2.71 bits per heavy atom. The van der Waals surface area contributed by atoms with Crippen molar-refractivity contribution in [3.05, 3.63) is 35.4 Å². The third kappa shape index (κ3) is 2.65. The molecule has 92 valence electrons. The van der Waals surface area contributed by atoms with Gasteiger partial charge in [0.25, 0.3) is 0 Å². The Balaban J connectivity index is 2.11. The minimum absolute atomic E-state index is 0.232. The SMILES string of the molecule is CC1CN(Cc2ccccc2C(N)=O)CC1N. The minimum atomic E-state index is -0.364. The predicted molar refractivity (Wildman–Crippen MR) is 67.4 cm³/mol. The highest BCUT2D eigenvalue weighted by Crippen LogP contribution is 2.19. The quantitative estimate of drug-likeness (QED) is 0.801. The second-order valence-corrected chi connectivity index (χ2v) is 4.86. The highest BCUT2D eigenvalue weighted by atomic mass is 16.1. The fraction of sp³-hybridized carbons (Fsp3) is 0.462. The van der Waals surface area contributed by atoms with Gasteiger partial charge in [0.05, 0.1) is 0 Å². The summed E-state index contributed by atoms with van der Waals surface area (Å²) in [6.45, 7) is 4.77. The minimum Gasteiger partial charge on any atom is -0.366 e. The maximum Gasteiger partial charge on any atom is 0.249 e. The highest BCUT2D eigenvalue weighted by molar-refractivity contribution is 5.94. The Labute approximate surface area is 102 Å². The van der Waals surface area contributed by atoms with Gasteiger partial charge in [0.1, 0.15) is 0 Å². The summed E-state index contributed by atoms with van der Waals surface area (Å²) in [6, 6.07) is 7.73. The van der Waals surface area contributed by atoms with Gasteiger partial charge in [0.2, 0.25) is 5.91 Å². The summed E-state index contributed by atoms with van der Waals surface area (Å²) in [5.74, 6) is 0.146. The molecule has 4 N–H and O–H groups in total. The van der Waals surface area contributed by atoms with E-state index in [-0.39, 0.29) is 11.9 Å². The molecule has 1 aromatic carbocycles. The van der Waals surface area contributed by atoms with Gasteiger partial charge < -0.3 is 11.5 Å². The third-order valence-corrected chi connectivity index (χ3v) is 3.42. The fourth-order valence-electron chi connectivity index (χ4n) is 2.36. The number of nitrogens with two attached hydrogens (primary N) is 2. The van der Waals surface area contributed by atoms with Crippen LogP contribution in [0.2, 0.25) is 0 Å². The van der Waals surface area contributed by atoms with Crippen LogP contribution in [0, 0.1) is 5.92 Å². The Morgan fingerprint density at radius 2 is 2.12 bits per heavy atom. The first-order valence-electron chi connectivity index (χ1n) is 5.93. The monoisotopic (exact) mass is 233 g/mol. The van der Waals surface area contributed by atoms with E-state index in [1.54, 1.807) is 6.07 Å². The second kappa shape index (κ2) is 4.85. The largest absolute Gasteiger partial charge is 0.366 e. The Kier molecular flexibility index (Phi) is 3.45. The van der Waals surface area contributed by atoms with Crippen molar-refractivity contribution in [2.24, 2.45) is 17.4 Å². The van der Waals surface area contributed by atoms with Gasteiger partial charge in [-0.05, 0) is 17.5 Å². The number of primary amides is 1. The number of amides is 1. The summed E-state index contributed by atoms with van der Waals surface area (Å²) in [5.41, 5.74) is 12.9. The summed E-state index contributed by atoms with van der Waals surface area (Å²) in [4.78, 5) is 13.6. The van der Waals surface area contributed by atoms with Crippen molar-refractivity contribution in [2.45, 2.75) is 19.5 Å². The van der Waals surface area contributed by atoms with E-state index in [9.17, 15) is 4.79 Å². The zero-order chi connectivity index (χ0) is 12.4. The van der Waals surface area contributed by atoms with Crippen LogP contribution in [0.25, 0.3) is 0 Å². The molecule has 0 spiro atoms. The van der Waals surface area contributed by atoms with E-state index in [2.05, 4.69) is 11.8 Å². The van der Waals surface area contributed by atoms with Crippen molar-refractivity contribution in [3.8, 4) is 0 Å². The highest BCUT2D eigenvalue weighted by Gasteiger charge is 2.26. The molecule has 1 saturated heterocycles. The molecule has 17 heavy (non-hydrogen) atoms. The summed E-state index contributed by atoms with van der Waals surface area (Å²) in [5, 5.41) is 0. The summed E-state index contributed by atoms with van der Waals surface area (Å²) in [7, 11) is 0. The number of benzene rings is 1. The molecular formula is C13H19N3O. The standard InChI is InChI=1S/C13H19N3O/c1-9-6-16(8-12(9)14)7-10-4-2-3-5-11(10)13(15)17/h2-5,9,12H,6-8,14H2,1H3,(H2,15,17). The Morgan fingerprint density at radius 1 is 1.41 bits per heavy atom. The molecule has 0 radical (unpaired) electrons. The molecule has 1 aliphatic heterocycles. The van der Waals surface area contributed by atoms with Crippen molar-refractivity contribution in [3.63, 3.8) is 0 Å². The van der Waals surface area contributed by atoms with Gasteiger partial charge in [0.15, 0.2) is 0 Å². The molecule has 4 heteroatoms. The van der Waals surface area contributed by atoms with Crippen LogP contribution in [0.4, 0.5) is 0 Å². The first-order valence-corrected chi connectivity index (χ1v) is 5.93. The van der Waals surface area contributed by atoms with Gasteiger partial charge in [-0.2, -0.15) is 0 Å². The van der Waals surface area contributed by atoms with E-state index in [1.165, 1.54) is 0 Å². The lowest BCUT2D eigenvalue weighted by molar-refractivity contribution is 0.0998. The number of hydrogen-bond acceptors (Lipinski definition) is 3. The van der Waals surface area contributed by atoms with Crippen molar-refractivity contribution in [2.75, 3.05) is 13.1 Å². The van der Waals surface area contributed by atoms with Crippen LogP contribution < -0.4 is 11.5 Å². The van der Waals surface area contributed by atoms with Crippen LogP contribution in [-0.4, -0.2) is 29.9 Å². The van der Waals surface area contributed by atoms with E-state index < -0.39 is 0 Å². The first-order chi connectivity index (χ1) is 8.08. The van der Waals surface area contributed by atoms with Gasteiger partial charge >= 0.3 is 0 Å². The zero-order valence-electron chi connectivity index (χ0n) is 10.1. The van der Waals surface area contributed by atoms with E-state index in [0.717, 1.165) is 25.2 Å². The predicted octanol–water partition coefficient (Wildman–Crippen LogP) is 0.565. The van der Waals surface area contributed by atoms with E-state index in [0.29, 0.717) is 11.5 Å². The lowest BCUT2D eigenvalue weighted by Crippen LogP contribution is -2.28. The van der Waals surface area contributed by atoms with Gasteiger partial charge in [-0.25, -0.2) is 0 Å². The molecule has 2 unspecified atom stereocenters. The number of nitrogens with zero attached hydrogens (tertiary/aromatic N) is 1. The van der Waals surface area contributed by atoms with Gasteiger partial charge in [-0.1, -0.05) is 25.1 Å². The number of hydrogen-bond donors (Lipinski definition) is 2. The van der Waals surface area contributed by atoms with Crippen LogP contribution >= 0.6 is 0 Å². The van der Waals surface area contributed by atoms with Crippen LogP contribution in [0.3, 0.4) is 0 Å². The fourth-order valence-corrected chi connectivity index (χ4v) is 2.36. The topological polar surface area (TPSA) is 72.3 Å². The summed E-state index contributed by atoms with van der Waals surface area (Å²) in [6.07, 6.45) is 0. The molecular weight excluding hydrogens is 214 g/mol. The summed E-state index contributed by atoms with van der Waals surface area (Å²) < 4.78 is 0. The third-order valence-electron chi connectivity index (χ3n) is 3.42. The van der Waals surface area contributed by atoms with Crippen LogP contribution in [0.5, 0.6) is 0 Å². The van der Waals surface area contributed by atoms with Crippen molar-refractivity contribution >= 4 is 5.91 Å². The molecule has 1 amide bonds. The average Bonchev–Trinajstić information content (AvgIpc) is 2.58. The second-order valence-electron chi connectivity index (χ2n) is 4.86. The molecule has 0 bridgehead atoms. The van der Waals surface area contributed by atoms with Crippen molar-refractivity contribution < 1.29 is 4.79 Å². The van der Waals surface area contributed by atoms with Gasteiger partial charge in [0, 0.05) is 31.2 Å². The maximum atomic E-state index is 11.3. The molecule has 1 aromatic rings. The Bertz CT molecular complexity index is 409. The van der Waals surface area contributed by atoms with E-state index in [1.807, 2.05) is 18.2 Å². The van der Waals surface area contributed by atoms with E-state index in [4.69, 9.17) is 11.5 Å². The number of likely N-dealkylation sites (tertiary alicyclic amines) is 1. The molecule has 4 nitrogen and oxygen atoms in total. The van der Waals surface area contributed by atoms with Crippen LogP contribution in [0.15, 0.2) is 24.3 Å². The number of carbonyl (C=O) groups excluding carboxylic acids is 1. The smallest absolute Gasteiger partial charge is 0.249 e. The van der Waals surface area contributed by atoms with Crippen molar-refractivity contribution in [1.29, 1.82) is 0 Å². The molecule has 2 rings (SSSR count). The van der Waals surface area contributed by atoms with Crippen molar-refractivity contribution in [1.82, 2.24) is 4.90 Å². The molecule has 0 aromatic heterocycles. The number of rotatable bonds is 3. The molecule has 0 aliphatic carbocycles. The zero-order valence-corrected chi connectivity index (χ0v) is 10.1. The molecule has 1 heterocycles. The van der Waals surface area contributed by atoms with Gasteiger partial charge in [-0.15, -0.1) is 0 Å². The maximum absolute atomic E-state index is 11.3. The van der Waals surface area contributed by atoms with Crippen LogP contribution in [0.1, 0.15) is 22.8 Å².